The van der Waals surface area contributed by atoms with E-state index < -0.39 is 110 Å². The highest BCUT2D eigenvalue weighted by atomic mass is 32.1. The van der Waals surface area contributed by atoms with Crippen LogP contribution in [0.3, 0.4) is 0 Å². The standard InChI is InChI=1S/C37H63N8O15PS/c1-21(2)11-29(42-37(53)31-14-26(44-54)17-45(31)34(50)5-7-58-9-10-59-8-6-40-36(52)28(38)19-62)32(48)13-24(12-25-16-39-20-41-25)35(51)43-30(18-46)33(49)15-27(22(3)47)23(4)60-61(55,56)57/h16,20-21,23-24,26-31,44,46,54,62H,5-15,17-19,38H2,1-4H3,(H,39,41)(H,40,52)(H,42,53)(H,43,51)(H2,55,56,57)/t23?,24-,26-,27-,28+,29+,30+,31+/m1/s1. The van der Waals surface area contributed by atoms with Crippen molar-refractivity contribution in [2.75, 3.05) is 51.9 Å². The maximum absolute atomic E-state index is 14.0. The summed E-state index contributed by atoms with van der Waals surface area (Å²) < 4.78 is 26.9. The fourth-order valence-corrected chi connectivity index (χ4v) is 7.41. The number of rotatable bonds is 31. The molecule has 2 heterocycles. The highest BCUT2D eigenvalue weighted by Gasteiger charge is 2.41. The fraction of sp³-hybridized carbons (Fsp3) is 0.730. The quantitative estimate of drug-likeness (QED) is 0.0165. The molecule has 4 amide bonds. The van der Waals surface area contributed by atoms with Gasteiger partial charge in [-0.1, -0.05) is 13.8 Å². The molecule has 1 unspecified atom stereocenters. The number of nitrogens with zero attached hydrogens (tertiary/aromatic N) is 2. The lowest BCUT2D eigenvalue weighted by molar-refractivity contribution is -0.140. The number of phosphoric acid groups is 1. The zero-order valence-corrected chi connectivity index (χ0v) is 37.2. The number of Topliss-reactive ketones (excluding diaryl/α,β-unsaturated/α-hetero) is 3. The highest BCUT2D eigenvalue weighted by molar-refractivity contribution is 7.80. The van der Waals surface area contributed by atoms with Gasteiger partial charge in [-0.15, -0.1) is 0 Å². The van der Waals surface area contributed by atoms with Gasteiger partial charge in [0, 0.05) is 50.0 Å². The van der Waals surface area contributed by atoms with E-state index in [1.54, 1.807) is 0 Å². The number of carbonyl (C=O) groups excluding carboxylic acids is 7. The molecular formula is C37H63N8O15PS. The molecule has 1 fully saturated rings. The van der Waals surface area contributed by atoms with Crippen LogP contribution in [-0.2, 0) is 58.5 Å². The van der Waals surface area contributed by atoms with Gasteiger partial charge in [0.1, 0.15) is 17.9 Å². The van der Waals surface area contributed by atoms with Gasteiger partial charge in [0.15, 0.2) is 11.6 Å². The van der Waals surface area contributed by atoms with Gasteiger partial charge in [-0.25, -0.2) is 15.0 Å². The monoisotopic (exact) mass is 922 g/mol. The lowest BCUT2D eigenvalue weighted by atomic mass is 9.89. The summed E-state index contributed by atoms with van der Waals surface area (Å²) in [5.74, 6) is -6.71. The van der Waals surface area contributed by atoms with Gasteiger partial charge in [0.05, 0.1) is 81.8 Å². The van der Waals surface area contributed by atoms with E-state index in [0.29, 0.717) is 5.69 Å². The van der Waals surface area contributed by atoms with Gasteiger partial charge in [-0.2, -0.15) is 12.6 Å². The molecule has 0 spiro atoms. The second-order valence-corrected chi connectivity index (χ2v) is 17.0. The van der Waals surface area contributed by atoms with Gasteiger partial charge in [0.2, 0.25) is 23.6 Å². The third-order valence-electron chi connectivity index (χ3n) is 9.97. The van der Waals surface area contributed by atoms with Gasteiger partial charge in [-0.05, 0) is 32.6 Å². The molecular weight excluding hydrogens is 859 g/mol. The minimum Gasteiger partial charge on any atom is -0.394 e. The Bertz CT molecular complexity index is 1670. The van der Waals surface area contributed by atoms with Crippen LogP contribution in [-0.4, -0.2) is 164 Å². The van der Waals surface area contributed by atoms with E-state index in [-0.39, 0.29) is 82.8 Å². The SMILES string of the molecule is CC(=O)[C@@H](CC(=O)[C@H](CO)NC(=O)[C@@H](CC(=O)[C@H](CC(C)C)NC(=O)[C@@H]1C[C@@H](NO)CN1C(=O)CCOCCOCCNC(=O)[C@@H](N)CS)Cc1cnc[nH]1)C(C)OP(=O)(O)O. The summed E-state index contributed by atoms with van der Waals surface area (Å²) in [6.45, 7) is 5.79. The number of H-pyrrole nitrogens is 1. The maximum atomic E-state index is 14.0. The van der Waals surface area contributed by atoms with Crippen molar-refractivity contribution >= 4 is 61.4 Å². The topological polar surface area (TPSA) is 351 Å². The first-order chi connectivity index (χ1) is 29.2. The average Bonchev–Trinajstić information content (AvgIpc) is 3.89. The van der Waals surface area contributed by atoms with E-state index in [0.717, 1.165) is 6.92 Å². The molecule has 0 saturated carbocycles. The number of hydroxylamine groups is 1. The normalized spacial score (nSPS) is 18.3. The number of nitrogens with one attached hydrogen (secondary N) is 5. The summed E-state index contributed by atoms with van der Waals surface area (Å²) in [7, 11) is -5.02. The Labute approximate surface area is 365 Å². The number of ketones is 3. The van der Waals surface area contributed by atoms with Crippen LogP contribution in [0.5, 0.6) is 0 Å². The molecule has 25 heteroatoms. The molecule has 352 valence electrons. The Balaban J connectivity index is 2.11. The number of hydrogen-bond donors (Lipinski definition) is 11. The summed E-state index contributed by atoms with van der Waals surface area (Å²) in [6.07, 6.45) is 0.291. The van der Waals surface area contributed by atoms with Crippen molar-refractivity contribution in [1.29, 1.82) is 0 Å². The highest BCUT2D eigenvalue weighted by Crippen LogP contribution is 2.39. The summed E-state index contributed by atoms with van der Waals surface area (Å²) in [5, 5.41) is 27.6. The minimum atomic E-state index is -5.02. The van der Waals surface area contributed by atoms with E-state index in [1.807, 2.05) is 13.8 Å². The molecule has 62 heavy (non-hydrogen) atoms. The zero-order chi connectivity index (χ0) is 46.6. The molecule has 11 N–H and O–H groups in total. The number of aliphatic hydroxyl groups excluding tert-OH is 1. The lowest BCUT2D eigenvalue weighted by Gasteiger charge is -2.28. The molecule has 1 aromatic rings. The summed E-state index contributed by atoms with van der Waals surface area (Å²) in [6, 6.07) is -5.14. The number of hydrogen-bond acceptors (Lipinski definition) is 17. The molecule has 2 rings (SSSR count). The third-order valence-corrected chi connectivity index (χ3v) is 11.0. The van der Waals surface area contributed by atoms with Gasteiger partial charge < -0.3 is 61.1 Å². The summed E-state index contributed by atoms with van der Waals surface area (Å²) in [4.78, 5) is 119. The van der Waals surface area contributed by atoms with Crippen LogP contribution in [0.4, 0.5) is 0 Å². The molecule has 0 radical (unpaired) electrons. The number of carbonyl (C=O) groups is 7. The van der Waals surface area contributed by atoms with Crippen molar-refractivity contribution in [3.8, 4) is 0 Å². The fourth-order valence-electron chi connectivity index (χ4n) is 6.66. The van der Waals surface area contributed by atoms with E-state index in [1.165, 1.54) is 24.3 Å². The zero-order valence-electron chi connectivity index (χ0n) is 35.4. The number of aliphatic hydroxyl groups is 1. The number of phosphoric ester groups is 1. The van der Waals surface area contributed by atoms with E-state index in [4.69, 9.17) is 15.2 Å². The van der Waals surface area contributed by atoms with Crippen molar-refractivity contribution in [3.63, 3.8) is 0 Å². The van der Waals surface area contributed by atoms with Gasteiger partial charge >= 0.3 is 7.82 Å². The second kappa shape index (κ2) is 27.5. The number of ether oxygens (including phenoxy) is 2. The Kier molecular flexibility index (Phi) is 24.1. The molecule has 0 aliphatic carbocycles. The number of aromatic amines is 1. The van der Waals surface area contributed by atoms with Crippen molar-refractivity contribution in [3.05, 3.63) is 18.2 Å². The van der Waals surface area contributed by atoms with Crippen LogP contribution in [0.25, 0.3) is 0 Å². The number of amides is 4. The predicted octanol–water partition coefficient (Wildman–Crippen LogP) is -2.06. The number of thiol groups is 1. The Hall–Kier alpha value is -3.68. The molecule has 1 aliphatic heterocycles. The van der Waals surface area contributed by atoms with Crippen LogP contribution in [0.2, 0.25) is 0 Å². The number of nitrogens with two attached hydrogens (primary N) is 1. The Morgan fingerprint density at radius 1 is 1.00 bits per heavy atom. The van der Waals surface area contributed by atoms with Gasteiger partial charge in [0.25, 0.3) is 0 Å². The largest absolute Gasteiger partial charge is 0.469 e. The molecule has 23 nitrogen and oxygen atoms in total. The first-order valence-corrected chi connectivity index (χ1v) is 22.3. The second-order valence-electron chi connectivity index (χ2n) is 15.4. The number of likely N-dealkylation sites (tertiary alicyclic amines) is 1. The number of aromatic nitrogens is 2. The number of imidazole rings is 1. The molecule has 0 bridgehead atoms. The molecule has 1 aromatic heterocycles. The average molecular weight is 923 g/mol. The maximum Gasteiger partial charge on any atom is 0.469 e. The van der Waals surface area contributed by atoms with Crippen LogP contribution >= 0.6 is 20.5 Å². The Morgan fingerprint density at radius 3 is 2.23 bits per heavy atom. The van der Waals surface area contributed by atoms with E-state index >= 15 is 0 Å². The predicted molar refractivity (Wildman–Crippen MR) is 222 cm³/mol. The molecule has 1 aliphatic rings. The van der Waals surface area contributed by atoms with E-state index in [2.05, 4.69) is 48.6 Å². The molecule has 8 atom stereocenters. The smallest absolute Gasteiger partial charge is 0.394 e. The molecule has 0 aromatic carbocycles. The summed E-state index contributed by atoms with van der Waals surface area (Å²) in [5.41, 5.74) is 8.14. The Morgan fingerprint density at radius 2 is 1.66 bits per heavy atom. The summed E-state index contributed by atoms with van der Waals surface area (Å²) >= 11 is 3.97. The lowest BCUT2D eigenvalue weighted by Crippen LogP contribution is -2.52. The van der Waals surface area contributed by atoms with Crippen LogP contribution in [0.15, 0.2) is 12.5 Å². The minimum absolute atomic E-state index is 0.00375. The van der Waals surface area contributed by atoms with Crippen LogP contribution in [0, 0.1) is 17.8 Å². The van der Waals surface area contributed by atoms with Crippen molar-refractivity contribution in [1.82, 2.24) is 36.3 Å². The van der Waals surface area contributed by atoms with Crippen molar-refractivity contribution in [2.24, 2.45) is 23.5 Å². The first kappa shape index (κ1) is 54.5. The molecule has 1 saturated heterocycles. The van der Waals surface area contributed by atoms with Crippen molar-refractivity contribution in [2.45, 2.75) is 103 Å². The first-order valence-electron chi connectivity index (χ1n) is 20.2. The van der Waals surface area contributed by atoms with Crippen LogP contribution in [0.1, 0.15) is 65.5 Å². The van der Waals surface area contributed by atoms with Crippen LogP contribution < -0.4 is 27.2 Å². The third kappa shape index (κ3) is 19.4. The van der Waals surface area contributed by atoms with Crippen molar-refractivity contribution < 1.29 is 72.2 Å². The van der Waals surface area contributed by atoms with Gasteiger partial charge in [-0.3, -0.25) is 38.1 Å². The van der Waals surface area contributed by atoms with E-state index in [9.17, 15) is 58.2 Å².